The summed E-state index contributed by atoms with van der Waals surface area (Å²) >= 11 is 0. The van der Waals surface area contributed by atoms with Gasteiger partial charge in [0.25, 0.3) is 0 Å². The highest BCUT2D eigenvalue weighted by Crippen LogP contribution is 2.37. The van der Waals surface area contributed by atoms with Gasteiger partial charge in [0.2, 0.25) is 5.79 Å². The molecule has 1 fully saturated rings. The van der Waals surface area contributed by atoms with Gasteiger partial charge >= 0.3 is 0 Å². The first-order valence-corrected chi connectivity index (χ1v) is 6.75. The molecule has 0 aromatic carbocycles. The van der Waals surface area contributed by atoms with Crippen LogP contribution in [0.4, 0.5) is 0 Å². The molecule has 0 unspecified atom stereocenters. The van der Waals surface area contributed by atoms with Crippen LogP contribution in [-0.4, -0.2) is 17.0 Å². The highest BCUT2D eigenvalue weighted by Gasteiger charge is 2.41. The summed E-state index contributed by atoms with van der Waals surface area (Å²) in [4.78, 5) is 21.9. The minimum Gasteiger partial charge on any atom is -0.223 e. The van der Waals surface area contributed by atoms with E-state index in [4.69, 9.17) is 19.6 Å². The molecule has 0 amide bonds. The second kappa shape index (κ2) is 6.18. The quantitative estimate of drug-likeness (QED) is 0.288. The van der Waals surface area contributed by atoms with Crippen molar-refractivity contribution in [3.05, 3.63) is 25.3 Å². The molecule has 1 saturated carbocycles. The van der Waals surface area contributed by atoms with E-state index in [2.05, 4.69) is 13.2 Å². The summed E-state index contributed by atoms with van der Waals surface area (Å²) < 4.78 is 0. The van der Waals surface area contributed by atoms with Gasteiger partial charge in [-0.3, -0.25) is 0 Å². The monoisotopic (exact) mass is 270 g/mol. The van der Waals surface area contributed by atoms with Crippen LogP contribution in [0.25, 0.3) is 0 Å². The minimum absolute atomic E-state index is 0.563. The Morgan fingerprint density at radius 3 is 1.53 bits per heavy atom. The van der Waals surface area contributed by atoms with Crippen LogP contribution in [0.5, 0.6) is 0 Å². The van der Waals surface area contributed by atoms with Crippen molar-refractivity contribution in [1.29, 1.82) is 0 Å². The molecule has 0 heterocycles. The smallest absolute Gasteiger partial charge is 0.223 e. The Morgan fingerprint density at radius 2 is 1.21 bits per heavy atom. The maximum atomic E-state index is 5.53. The molecule has 110 valence electrons. The molecule has 4 nitrogen and oxygen atoms in total. The van der Waals surface area contributed by atoms with E-state index in [-0.39, 0.29) is 0 Å². The van der Waals surface area contributed by atoms with Crippen molar-refractivity contribution in [3.63, 3.8) is 0 Å². The SMILES string of the molecule is C=CC(C)(C)OOC1(OOC(C)(C)C=C)CCCC1. The largest absolute Gasteiger partial charge is 0.234 e. The molecule has 0 spiro atoms. The fourth-order valence-electron chi connectivity index (χ4n) is 1.53. The molecule has 0 atom stereocenters. The Kier molecular flexibility index (Phi) is 5.33. The van der Waals surface area contributed by atoms with Gasteiger partial charge in [0, 0.05) is 12.8 Å². The first-order chi connectivity index (χ1) is 8.74. The van der Waals surface area contributed by atoms with E-state index in [1.807, 2.05) is 27.7 Å². The summed E-state index contributed by atoms with van der Waals surface area (Å²) in [5, 5.41) is 0. The molecule has 0 N–H and O–H groups in total. The maximum absolute atomic E-state index is 5.53. The van der Waals surface area contributed by atoms with Crippen LogP contribution in [0.3, 0.4) is 0 Å². The zero-order chi connectivity index (χ0) is 14.6. The van der Waals surface area contributed by atoms with Gasteiger partial charge in [0.15, 0.2) is 0 Å². The summed E-state index contributed by atoms with van der Waals surface area (Å²) in [6.07, 6.45) is 6.90. The molecule has 0 aromatic heterocycles. The molecule has 1 aliphatic rings. The van der Waals surface area contributed by atoms with Gasteiger partial charge in [0.05, 0.1) is 0 Å². The van der Waals surface area contributed by atoms with Crippen LogP contribution >= 0.6 is 0 Å². The van der Waals surface area contributed by atoms with Crippen molar-refractivity contribution >= 4 is 0 Å². The maximum Gasteiger partial charge on any atom is 0.234 e. The van der Waals surface area contributed by atoms with E-state index in [1.54, 1.807) is 12.2 Å². The molecule has 0 bridgehead atoms. The Bertz CT molecular complexity index is 288. The third kappa shape index (κ3) is 5.07. The molecule has 0 radical (unpaired) electrons. The predicted octanol–water partition coefficient (Wildman–Crippen LogP) is 4.08. The first-order valence-electron chi connectivity index (χ1n) is 6.75. The summed E-state index contributed by atoms with van der Waals surface area (Å²) in [7, 11) is 0. The zero-order valence-electron chi connectivity index (χ0n) is 12.5. The first kappa shape index (κ1) is 16.4. The average molecular weight is 270 g/mol. The Labute approximate surface area is 116 Å². The lowest BCUT2D eigenvalue weighted by atomic mass is 10.1. The lowest BCUT2D eigenvalue weighted by Gasteiger charge is -2.32. The fraction of sp³-hybridized carbons (Fsp3) is 0.733. The van der Waals surface area contributed by atoms with E-state index in [1.165, 1.54) is 0 Å². The normalized spacial score (nSPS) is 19.4. The van der Waals surface area contributed by atoms with Crippen LogP contribution in [0, 0.1) is 0 Å². The van der Waals surface area contributed by atoms with Gasteiger partial charge in [-0.05, 0) is 40.5 Å². The van der Waals surface area contributed by atoms with E-state index in [9.17, 15) is 0 Å². The molecule has 0 saturated heterocycles. The number of hydrogen-bond donors (Lipinski definition) is 0. The van der Waals surface area contributed by atoms with Gasteiger partial charge in [0.1, 0.15) is 11.2 Å². The van der Waals surface area contributed by atoms with Crippen LogP contribution in [0.15, 0.2) is 25.3 Å². The third-order valence-corrected chi connectivity index (χ3v) is 3.17. The highest BCUT2D eigenvalue weighted by atomic mass is 17.3. The van der Waals surface area contributed by atoms with E-state index in [0.29, 0.717) is 0 Å². The molecular formula is C15H26O4. The lowest BCUT2D eigenvalue weighted by Crippen LogP contribution is -2.39. The zero-order valence-corrected chi connectivity index (χ0v) is 12.5. The Morgan fingerprint density at radius 1 is 0.842 bits per heavy atom. The van der Waals surface area contributed by atoms with Crippen LogP contribution in [0.2, 0.25) is 0 Å². The highest BCUT2D eigenvalue weighted by molar-refractivity contribution is 4.89. The lowest BCUT2D eigenvalue weighted by molar-refractivity contribution is -0.535. The second-order valence-corrected chi connectivity index (χ2v) is 6.07. The Balaban J connectivity index is 2.60. The van der Waals surface area contributed by atoms with Crippen LogP contribution < -0.4 is 0 Å². The van der Waals surface area contributed by atoms with Crippen molar-refractivity contribution in [2.45, 2.75) is 70.4 Å². The van der Waals surface area contributed by atoms with E-state index in [0.717, 1.165) is 25.7 Å². The molecule has 0 aliphatic heterocycles. The van der Waals surface area contributed by atoms with Crippen molar-refractivity contribution in [1.82, 2.24) is 0 Å². The van der Waals surface area contributed by atoms with Gasteiger partial charge < -0.3 is 0 Å². The molecule has 1 aliphatic carbocycles. The average Bonchev–Trinajstić information content (AvgIpc) is 2.84. The minimum atomic E-state index is -0.833. The fourth-order valence-corrected chi connectivity index (χ4v) is 1.53. The molecule has 1 rings (SSSR count). The second-order valence-electron chi connectivity index (χ2n) is 6.07. The molecule has 0 aromatic rings. The summed E-state index contributed by atoms with van der Waals surface area (Å²) in [6, 6.07) is 0. The third-order valence-electron chi connectivity index (χ3n) is 3.17. The van der Waals surface area contributed by atoms with Crippen LogP contribution in [0.1, 0.15) is 53.4 Å². The summed E-state index contributed by atoms with van der Waals surface area (Å²) in [5.74, 6) is -0.833. The van der Waals surface area contributed by atoms with Gasteiger partial charge in [-0.2, -0.15) is 9.78 Å². The number of hydrogen-bond acceptors (Lipinski definition) is 4. The summed E-state index contributed by atoms with van der Waals surface area (Å²) in [6.45, 7) is 14.9. The molecule has 4 heteroatoms. The van der Waals surface area contributed by atoms with Crippen molar-refractivity contribution in [3.8, 4) is 0 Å². The summed E-state index contributed by atoms with van der Waals surface area (Å²) in [5.41, 5.74) is -1.13. The van der Waals surface area contributed by atoms with Gasteiger partial charge in [-0.1, -0.05) is 12.2 Å². The topological polar surface area (TPSA) is 36.9 Å². The van der Waals surface area contributed by atoms with Crippen molar-refractivity contribution in [2.75, 3.05) is 0 Å². The van der Waals surface area contributed by atoms with E-state index >= 15 is 0 Å². The van der Waals surface area contributed by atoms with Crippen LogP contribution in [-0.2, 0) is 19.6 Å². The number of rotatable bonds is 8. The Hall–Kier alpha value is -0.680. The molecule has 19 heavy (non-hydrogen) atoms. The predicted molar refractivity (Wildman–Crippen MR) is 74.1 cm³/mol. The molecular weight excluding hydrogens is 244 g/mol. The van der Waals surface area contributed by atoms with Crippen molar-refractivity contribution < 1.29 is 19.6 Å². The van der Waals surface area contributed by atoms with Crippen molar-refractivity contribution in [2.24, 2.45) is 0 Å². The van der Waals surface area contributed by atoms with Gasteiger partial charge in [-0.25, -0.2) is 9.78 Å². The van der Waals surface area contributed by atoms with Gasteiger partial charge in [-0.15, -0.1) is 13.2 Å². The van der Waals surface area contributed by atoms with E-state index < -0.39 is 17.0 Å². The standard InChI is InChI=1S/C15H26O4/c1-7-13(3,4)16-18-15(11-9-10-12-15)19-17-14(5,6)8-2/h7-8H,1-2,9-12H2,3-6H3.